The van der Waals surface area contributed by atoms with E-state index < -0.39 is 5.54 Å². The van der Waals surface area contributed by atoms with Crippen LogP contribution in [-0.2, 0) is 9.59 Å². The highest BCUT2D eigenvalue weighted by atomic mass is 16.2. The molecular formula is C15H22N2O2. The van der Waals surface area contributed by atoms with Crippen LogP contribution in [0.1, 0.15) is 52.4 Å². The van der Waals surface area contributed by atoms with Gasteiger partial charge in [0.05, 0.1) is 0 Å². The van der Waals surface area contributed by atoms with E-state index in [1.807, 2.05) is 13.8 Å². The first kappa shape index (κ1) is 13.9. The van der Waals surface area contributed by atoms with Crippen molar-refractivity contribution in [3.8, 4) is 12.3 Å². The van der Waals surface area contributed by atoms with Gasteiger partial charge in [-0.2, -0.15) is 0 Å². The quantitative estimate of drug-likeness (QED) is 0.783. The van der Waals surface area contributed by atoms with E-state index in [0.29, 0.717) is 12.8 Å². The van der Waals surface area contributed by atoms with Crippen LogP contribution in [0.25, 0.3) is 0 Å². The summed E-state index contributed by atoms with van der Waals surface area (Å²) >= 11 is 0. The smallest absolute Gasteiger partial charge is 0.249 e. The molecule has 1 heterocycles. The Morgan fingerprint density at radius 3 is 2.63 bits per heavy atom. The molecule has 2 unspecified atom stereocenters. The van der Waals surface area contributed by atoms with Gasteiger partial charge in [0.1, 0.15) is 11.6 Å². The van der Waals surface area contributed by atoms with Crippen LogP contribution < -0.4 is 5.32 Å². The van der Waals surface area contributed by atoms with Crippen molar-refractivity contribution in [1.82, 2.24) is 10.2 Å². The van der Waals surface area contributed by atoms with Crippen LogP contribution in [0.5, 0.6) is 0 Å². The molecule has 2 aliphatic rings. The zero-order chi connectivity index (χ0) is 14.0. The van der Waals surface area contributed by atoms with Crippen molar-refractivity contribution in [3.63, 3.8) is 0 Å². The number of amides is 2. The molecule has 0 aromatic carbocycles. The Labute approximate surface area is 114 Å². The van der Waals surface area contributed by atoms with Gasteiger partial charge in [0.2, 0.25) is 11.8 Å². The predicted octanol–water partition coefficient (Wildman–Crippen LogP) is 1.45. The van der Waals surface area contributed by atoms with Crippen LogP contribution in [0.15, 0.2) is 0 Å². The molecule has 1 aliphatic heterocycles. The van der Waals surface area contributed by atoms with Gasteiger partial charge in [0.25, 0.3) is 0 Å². The van der Waals surface area contributed by atoms with E-state index in [4.69, 9.17) is 6.42 Å². The van der Waals surface area contributed by atoms with Crippen LogP contribution in [0.2, 0.25) is 0 Å². The molecule has 19 heavy (non-hydrogen) atoms. The summed E-state index contributed by atoms with van der Waals surface area (Å²) in [5, 5.41) is 2.99. The molecule has 4 heteroatoms. The lowest BCUT2D eigenvalue weighted by Gasteiger charge is -2.46. The third-order valence-electron chi connectivity index (χ3n) is 4.38. The van der Waals surface area contributed by atoms with Gasteiger partial charge in [-0.3, -0.25) is 9.59 Å². The molecule has 0 aromatic heterocycles. The van der Waals surface area contributed by atoms with E-state index in [1.54, 1.807) is 4.90 Å². The van der Waals surface area contributed by atoms with Crippen molar-refractivity contribution in [2.24, 2.45) is 0 Å². The molecule has 1 aliphatic carbocycles. The molecule has 1 spiro atoms. The Bertz CT molecular complexity index is 418. The number of terminal acetylenes is 1. The largest absolute Gasteiger partial charge is 0.340 e. The van der Waals surface area contributed by atoms with Gasteiger partial charge >= 0.3 is 0 Å². The topological polar surface area (TPSA) is 49.4 Å². The van der Waals surface area contributed by atoms with Crippen molar-refractivity contribution in [3.05, 3.63) is 0 Å². The number of hydrogen-bond donors (Lipinski definition) is 1. The average molecular weight is 262 g/mol. The first-order valence-corrected chi connectivity index (χ1v) is 7.14. The Kier molecular flexibility index (Phi) is 3.84. The first-order chi connectivity index (χ1) is 9.05. The molecule has 1 N–H and O–H groups in total. The van der Waals surface area contributed by atoms with Gasteiger partial charge in [-0.05, 0) is 26.2 Å². The SMILES string of the molecule is C#CCC(C)N1C(=O)C2(CCCC2)NC(=O)C1CC. The summed E-state index contributed by atoms with van der Waals surface area (Å²) in [7, 11) is 0. The molecule has 104 valence electrons. The molecular weight excluding hydrogens is 240 g/mol. The van der Waals surface area contributed by atoms with Crippen molar-refractivity contribution in [2.45, 2.75) is 70.0 Å². The van der Waals surface area contributed by atoms with Gasteiger partial charge in [-0.15, -0.1) is 12.3 Å². The monoisotopic (exact) mass is 262 g/mol. The molecule has 2 rings (SSSR count). The second-order valence-corrected chi connectivity index (χ2v) is 5.67. The van der Waals surface area contributed by atoms with Crippen LogP contribution >= 0.6 is 0 Å². The minimum atomic E-state index is -0.647. The van der Waals surface area contributed by atoms with E-state index in [2.05, 4.69) is 11.2 Å². The van der Waals surface area contributed by atoms with Crippen LogP contribution in [0, 0.1) is 12.3 Å². The van der Waals surface area contributed by atoms with Crippen molar-refractivity contribution >= 4 is 11.8 Å². The van der Waals surface area contributed by atoms with Crippen molar-refractivity contribution in [2.75, 3.05) is 0 Å². The highest BCUT2D eigenvalue weighted by Gasteiger charge is 2.52. The highest BCUT2D eigenvalue weighted by molar-refractivity contribution is 6.00. The maximum atomic E-state index is 12.8. The Balaban J connectivity index is 2.32. The van der Waals surface area contributed by atoms with Crippen molar-refractivity contribution < 1.29 is 9.59 Å². The second-order valence-electron chi connectivity index (χ2n) is 5.67. The second kappa shape index (κ2) is 5.24. The molecule has 2 fully saturated rings. The van der Waals surface area contributed by atoms with Gasteiger partial charge in [-0.1, -0.05) is 19.8 Å². The van der Waals surface area contributed by atoms with E-state index in [1.165, 1.54) is 0 Å². The standard InChI is InChI=1S/C15H22N2O2/c1-4-8-11(3)17-12(5-2)13(18)16-15(14(17)19)9-6-7-10-15/h1,11-12H,5-10H2,2-3H3,(H,16,18). The van der Waals surface area contributed by atoms with Gasteiger partial charge in [0.15, 0.2) is 0 Å². The molecule has 2 amide bonds. The summed E-state index contributed by atoms with van der Waals surface area (Å²) in [5.41, 5.74) is -0.647. The number of carbonyl (C=O) groups excluding carboxylic acids is 2. The normalized spacial score (nSPS) is 27.2. The molecule has 0 radical (unpaired) electrons. The summed E-state index contributed by atoms with van der Waals surface area (Å²) in [5.74, 6) is 2.65. The van der Waals surface area contributed by atoms with E-state index in [9.17, 15) is 9.59 Å². The number of nitrogens with one attached hydrogen (secondary N) is 1. The Morgan fingerprint density at radius 2 is 2.11 bits per heavy atom. The lowest BCUT2D eigenvalue weighted by atomic mass is 9.88. The number of rotatable bonds is 3. The predicted molar refractivity (Wildman–Crippen MR) is 73.2 cm³/mol. The molecule has 4 nitrogen and oxygen atoms in total. The maximum Gasteiger partial charge on any atom is 0.249 e. The summed E-state index contributed by atoms with van der Waals surface area (Å²) in [6.07, 6.45) is 9.99. The average Bonchev–Trinajstić information content (AvgIpc) is 2.83. The molecule has 0 aromatic rings. The fourth-order valence-electron chi connectivity index (χ4n) is 3.36. The Hall–Kier alpha value is -1.50. The van der Waals surface area contributed by atoms with Gasteiger partial charge in [0, 0.05) is 12.5 Å². The zero-order valence-corrected chi connectivity index (χ0v) is 11.7. The van der Waals surface area contributed by atoms with Gasteiger partial charge < -0.3 is 10.2 Å². The van der Waals surface area contributed by atoms with Crippen molar-refractivity contribution in [1.29, 1.82) is 0 Å². The summed E-state index contributed by atoms with van der Waals surface area (Å²) < 4.78 is 0. The van der Waals surface area contributed by atoms with Crippen LogP contribution in [0.3, 0.4) is 0 Å². The summed E-state index contributed by atoms with van der Waals surface area (Å²) in [6, 6.07) is -0.451. The first-order valence-electron chi connectivity index (χ1n) is 7.14. The summed E-state index contributed by atoms with van der Waals surface area (Å²) in [6.45, 7) is 3.86. The number of carbonyl (C=O) groups is 2. The van der Waals surface area contributed by atoms with Crippen LogP contribution in [-0.4, -0.2) is 34.3 Å². The highest BCUT2D eigenvalue weighted by Crippen LogP contribution is 2.36. The lowest BCUT2D eigenvalue weighted by molar-refractivity contribution is -0.157. The third kappa shape index (κ3) is 2.22. The van der Waals surface area contributed by atoms with Gasteiger partial charge in [-0.25, -0.2) is 0 Å². The van der Waals surface area contributed by atoms with Crippen LogP contribution in [0.4, 0.5) is 0 Å². The lowest BCUT2D eigenvalue weighted by Crippen LogP contribution is -2.70. The molecule has 2 atom stereocenters. The Morgan fingerprint density at radius 1 is 1.47 bits per heavy atom. The third-order valence-corrected chi connectivity index (χ3v) is 4.38. The van der Waals surface area contributed by atoms with E-state index in [-0.39, 0.29) is 23.9 Å². The zero-order valence-electron chi connectivity index (χ0n) is 11.7. The fourth-order valence-corrected chi connectivity index (χ4v) is 3.36. The summed E-state index contributed by atoms with van der Waals surface area (Å²) in [4.78, 5) is 26.9. The van der Waals surface area contributed by atoms with E-state index in [0.717, 1.165) is 25.7 Å². The minimum Gasteiger partial charge on any atom is -0.340 e. The molecule has 1 saturated heterocycles. The molecule has 1 saturated carbocycles. The fraction of sp³-hybridized carbons (Fsp3) is 0.733. The molecule has 0 bridgehead atoms. The number of piperazine rings is 1. The minimum absolute atomic E-state index is 0.0205. The maximum absolute atomic E-state index is 12.8. The van der Waals surface area contributed by atoms with E-state index >= 15 is 0 Å². The number of hydrogen-bond acceptors (Lipinski definition) is 2. The number of nitrogens with zero attached hydrogens (tertiary/aromatic N) is 1.